The monoisotopic (exact) mass is 326 g/mol. The Balaban J connectivity index is 1.87. The number of hydrogen-bond acceptors (Lipinski definition) is 6. The fraction of sp³-hybridized carbons (Fsp3) is 0.571. The molecule has 1 aromatic heterocycles. The molecule has 0 radical (unpaired) electrons. The summed E-state index contributed by atoms with van der Waals surface area (Å²) < 4.78 is 22.9. The van der Waals surface area contributed by atoms with Gasteiger partial charge in [-0.3, -0.25) is 9.69 Å². The summed E-state index contributed by atoms with van der Waals surface area (Å²) in [5.41, 5.74) is 0.628. The van der Waals surface area contributed by atoms with Crippen LogP contribution in [0.25, 0.3) is 0 Å². The normalized spacial score (nSPS) is 20.1. The number of amides is 1. The first-order valence-corrected chi connectivity index (χ1v) is 8.93. The van der Waals surface area contributed by atoms with Crippen LogP contribution in [-0.2, 0) is 14.6 Å². The van der Waals surface area contributed by atoms with Crippen LogP contribution in [0, 0.1) is 0 Å². The Hall–Kier alpha value is -1.67. The van der Waals surface area contributed by atoms with Gasteiger partial charge in [-0.05, 0) is 25.6 Å². The standard InChI is InChI=1S/C14H22N4O3S/c1-17(2)13-5-4-11(8-15-13)16-14(19)9-18(3)12-6-7-22(20,21)10-12/h4-5,8,12H,6-7,9-10H2,1-3H3,(H,16,19). The van der Waals surface area contributed by atoms with Crippen molar-refractivity contribution < 1.29 is 13.2 Å². The van der Waals surface area contributed by atoms with Gasteiger partial charge in [0.05, 0.1) is 29.9 Å². The first-order chi connectivity index (χ1) is 10.3. The maximum absolute atomic E-state index is 12.0. The maximum atomic E-state index is 12.0. The van der Waals surface area contributed by atoms with E-state index in [-0.39, 0.29) is 30.0 Å². The fourth-order valence-electron chi connectivity index (χ4n) is 2.40. The molecule has 122 valence electrons. The summed E-state index contributed by atoms with van der Waals surface area (Å²) in [5.74, 6) is 0.979. The molecule has 1 saturated heterocycles. The number of sulfone groups is 1. The van der Waals surface area contributed by atoms with E-state index in [1.54, 1.807) is 24.2 Å². The Morgan fingerprint density at radius 1 is 1.36 bits per heavy atom. The molecule has 0 bridgehead atoms. The molecule has 1 aliphatic rings. The molecule has 2 heterocycles. The smallest absolute Gasteiger partial charge is 0.238 e. The molecule has 1 N–H and O–H groups in total. The van der Waals surface area contributed by atoms with E-state index in [9.17, 15) is 13.2 Å². The summed E-state index contributed by atoms with van der Waals surface area (Å²) in [7, 11) is 2.63. The number of likely N-dealkylation sites (N-methyl/N-ethyl adjacent to an activating group) is 1. The van der Waals surface area contributed by atoms with Gasteiger partial charge in [-0.15, -0.1) is 0 Å². The van der Waals surface area contributed by atoms with Crippen molar-refractivity contribution in [1.82, 2.24) is 9.88 Å². The molecule has 1 unspecified atom stereocenters. The minimum absolute atomic E-state index is 0.0787. The highest BCUT2D eigenvalue weighted by molar-refractivity contribution is 7.91. The first kappa shape index (κ1) is 16.7. The molecule has 1 atom stereocenters. The molecule has 22 heavy (non-hydrogen) atoms. The Bertz CT molecular complexity index is 628. The van der Waals surface area contributed by atoms with Gasteiger partial charge in [0.2, 0.25) is 5.91 Å². The fourth-order valence-corrected chi connectivity index (χ4v) is 4.21. The van der Waals surface area contributed by atoms with Gasteiger partial charge in [0.15, 0.2) is 9.84 Å². The van der Waals surface area contributed by atoms with Crippen LogP contribution in [0.2, 0.25) is 0 Å². The number of carbonyl (C=O) groups excluding carboxylic acids is 1. The SMILES string of the molecule is CN(C)c1ccc(NC(=O)CN(C)C2CCS(=O)(=O)C2)cn1. The van der Waals surface area contributed by atoms with Crippen LogP contribution in [0.15, 0.2) is 18.3 Å². The number of hydrogen-bond donors (Lipinski definition) is 1. The molecular weight excluding hydrogens is 304 g/mol. The third-order valence-corrected chi connectivity index (χ3v) is 5.46. The van der Waals surface area contributed by atoms with Gasteiger partial charge in [0.25, 0.3) is 0 Å². The van der Waals surface area contributed by atoms with Crippen molar-refractivity contribution in [3.63, 3.8) is 0 Å². The largest absolute Gasteiger partial charge is 0.363 e. The van der Waals surface area contributed by atoms with Crippen molar-refractivity contribution in [1.29, 1.82) is 0 Å². The summed E-state index contributed by atoms with van der Waals surface area (Å²) in [5, 5.41) is 2.77. The molecule has 0 aromatic carbocycles. The van der Waals surface area contributed by atoms with Gasteiger partial charge in [0.1, 0.15) is 5.82 Å². The topological polar surface area (TPSA) is 82.6 Å². The molecule has 0 saturated carbocycles. The molecule has 0 aliphatic carbocycles. The predicted molar refractivity (Wildman–Crippen MR) is 86.9 cm³/mol. The molecule has 1 amide bonds. The van der Waals surface area contributed by atoms with E-state index in [0.717, 1.165) is 5.82 Å². The third-order valence-electron chi connectivity index (χ3n) is 3.71. The van der Waals surface area contributed by atoms with Crippen molar-refractivity contribution in [2.24, 2.45) is 0 Å². The highest BCUT2D eigenvalue weighted by Gasteiger charge is 2.31. The lowest BCUT2D eigenvalue weighted by atomic mass is 10.2. The van der Waals surface area contributed by atoms with Crippen LogP contribution in [0.3, 0.4) is 0 Å². The summed E-state index contributed by atoms with van der Waals surface area (Å²) in [4.78, 5) is 19.9. The third kappa shape index (κ3) is 4.41. The van der Waals surface area contributed by atoms with Gasteiger partial charge < -0.3 is 10.2 Å². The van der Waals surface area contributed by atoms with Crippen molar-refractivity contribution in [3.05, 3.63) is 18.3 Å². The van der Waals surface area contributed by atoms with Gasteiger partial charge in [0, 0.05) is 20.1 Å². The number of anilines is 2. The Morgan fingerprint density at radius 2 is 2.09 bits per heavy atom. The Labute approximate surface area is 131 Å². The number of rotatable bonds is 5. The van der Waals surface area contributed by atoms with Crippen molar-refractivity contribution in [3.8, 4) is 0 Å². The van der Waals surface area contributed by atoms with Crippen molar-refractivity contribution in [2.45, 2.75) is 12.5 Å². The predicted octanol–water partition coefficient (Wildman–Crippen LogP) is 0.205. The molecular formula is C14H22N4O3S. The van der Waals surface area contributed by atoms with E-state index in [4.69, 9.17) is 0 Å². The summed E-state index contributed by atoms with van der Waals surface area (Å²) in [6, 6.07) is 3.54. The highest BCUT2D eigenvalue weighted by Crippen LogP contribution is 2.16. The first-order valence-electron chi connectivity index (χ1n) is 7.11. The molecule has 1 fully saturated rings. The number of pyridine rings is 1. The lowest BCUT2D eigenvalue weighted by Crippen LogP contribution is -2.38. The highest BCUT2D eigenvalue weighted by atomic mass is 32.2. The average Bonchev–Trinajstić information content (AvgIpc) is 2.79. The van der Waals surface area contributed by atoms with Crippen LogP contribution < -0.4 is 10.2 Å². The van der Waals surface area contributed by atoms with E-state index >= 15 is 0 Å². The van der Waals surface area contributed by atoms with E-state index in [1.165, 1.54) is 0 Å². The molecule has 1 aromatic rings. The summed E-state index contributed by atoms with van der Waals surface area (Å²) in [6.07, 6.45) is 2.19. The van der Waals surface area contributed by atoms with Crippen LogP contribution in [0.5, 0.6) is 0 Å². The second-order valence-corrected chi connectivity index (χ2v) is 8.05. The van der Waals surface area contributed by atoms with Gasteiger partial charge in [-0.1, -0.05) is 0 Å². The minimum atomic E-state index is -2.94. The molecule has 7 nitrogen and oxygen atoms in total. The van der Waals surface area contributed by atoms with Crippen LogP contribution in [0.1, 0.15) is 6.42 Å². The molecule has 8 heteroatoms. The number of nitrogens with one attached hydrogen (secondary N) is 1. The van der Waals surface area contributed by atoms with Crippen LogP contribution in [-0.4, -0.2) is 69.4 Å². The van der Waals surface area contributed by atoms with E-state index in [1.807, 2.05) is 25.1 Å². The van der Waals surface area contributed by atoms with E-state index < -0.39 is 9.84 Å². The van der Waals surface area contributed by atoms with Gasteiger partial charge >= 0.3 is 0 Å². The molecule has 1 aliphatic heterocycles. The van der Waals surface area contributed by atoms with Crippen LogP contribution in [0.4, 0.5) is 11.5 Å². The van der Waals surface area contributed by atoms with E-state index in [0.29, 0.717) is 12.1 Å². The zero-order valence-electron chi connectivity index (χ0n) is 13.1. The number of aromatic nitrogens is 1. The average molecular weight is 326 g/mol. The van der Waals surface area contributed by atoms with Gasteiger partial charge in [-0.2, -0.15) is 0 Å². The zero-order valence-corrected chi connectivity index (χ0v) is 13.9. The summed E-state index contributed by atoms with van der Waals surface area (Å²) in [6.45, 7) is 0.162. The zero-order chi connectivity index (χ0) is 16.3. The van der Waals surface area contributed by atoms with Crippen molar-refractivity contribution in [2.75, 3.05) is 49.4 Å². The lowest BCUT2D eigenvalue weighted by molar-refractivity contribution is -0.117. The second kappa shape index (κ2) is 6.62. The quantitative estimate of drug-likeness (QED) is 0.833. The second-order valence-electron chi connectivity index (χ2n) is 5.82. The molecule has 2 rings (SSSR count). The summed E-state index contributed by atoms with van der Waals surface area (Å²) >= 11 is 0. The van der Waals surface area contributed by atoms with E-state index in [2.05, 4.69) is 10.3 Å². The Kier molecular flexibility index (Phi) is 5.02. The van der Waals surface area contributed by atoms with Crippen LogP contribution >= 0.6 is 0 Å². The van der Waals surface area contributed by atoms with Crippen molar-refractivity contribution >= 4 is 27.2 Å². The van der Waals surface area contributed by atoms with Gasteiger partial charge in [-0.25, -0.2) is 13.4 Å². The minimum Gasteiger partial charge on any atom is -0.363 e. The Morgan fingerprint density at radius 3 is 2.59 bits per heavy atom. The lowest BCUT2D eigenvalue weighted by Gasteiger charge is -2.22. The number of nitrogens with zero attached hydrogens (tertiary/aromatic N) is 3. The maximum Gasteiger partial charge on any atom is 0.238 e. The molecule has 0 spiro atoms. The number of carbonyl (C=O) groups is 1.